The van der Waals surface area contributed by atoms with E-state index in [1.165, 1.54) is 11.3 Å². The second kappa shape index (κ2) is 6.15. The molecule has 0 saturated heterocycles. The quantitative estimate of drug-likeness (QED) is 0.520. The van der Waals surface area contributed by atoms with Gasteiger partial charge in [-0.2, -0.15) is 5.10 Å². The highest BCUT2D eigenvalue weighted by molar-refractivity contribution is 7.07. The summed E-state index contributed by atoms with van der Waals surface area (Å²) in [6, 6.07) is 7.01. The fourth-order valence-electron chi connectivity index (χ4n) is 1.58. The molecule has 1 aromatic heterocycles. The Hall–Kier alpha value is -2.14. The lowest BCUT2D eigenvalue weighted by Crippen LogP contribution is -2.14. The zero-order valence-electron chi connectivity index (χ0n) is 10.7. The number of para-hydroxylation sites is 1. The molecule has 0 atom stereocenters. The van der Waals surface area contributed by atoms with E-state index in [4.69, 9.17) is 0 Å². The predicted molar refractivity (Wildman–Crippen MR) is 78.5 cm³/mol. The summed E-state index contributed by atoms with van der Waals surface area (Å²) in [6.07, 6.45) is 3.37. The van der Waals surface area contributed by atoms with Crippen molar-refractivity contribution in [3.8, 4) is 5.75 Å². The topological polar surface area (TPSA) is 49.9 Å². The standard InChI is InChI=1S/C14H15N3OS/c1-3-8-17-11(2)10-19-14(17)16-15-9-12-6-4-5-7-13(12)18/h3-7,9-10,18H,1,8H2,2H3/b15-9+,16-14?. The average molecular weight is 273 g/mol. The van der Waals surface area contributed by atoms with Crippen LogP contribution in [0.4, 0.5) is 0 Å². The summed E-state index contributed by atoms with van der Waals surface area (Å²) in [5.74, 6) is 0.197. The highest BCUT2D eigenvalue weighted by Gasteiger charge is 1.98. The van der Waals surface area contributed by atoms with Crippen molar-refractivity contribution >= 4 is 17.6 Å². The number of aryl methyl sites for hydroxylation is 1. The lowest BCUT2D eigenvalue weighted by molar-refractivity contribution is 0.474. The third-order valence-corrected chi connectivity index (χ3v) is 3.55. The van der Waals surface area contributed by atoms with Gasteiger partial charge in [0.1, 0.15) is 5.75 Å². The van der Waals surface area contributed by atoms with Gasteiger partial charge in [-0.1, -0.05) is 18.2 Å². The van der Waals surface area contributed by atoms with Gasteiger partial charge in [0.05, 0.1) is 6.21 Å². The van der Waals surface area contributed by atoms with Crippen molar-refractivity contribution in [1.29, 1.82) is 0 Å². The Balaban J connectivity index is 2.28. The molecule has 0 saturated carbocycles. The largest absolute Gasteiger partial charge is 0.507 e. The Morgan fingerprint density at radius 3 is 2.95 bits per heavy atom. The van der Waals surface area contributed by atoms with Crippen molar-refractivity contribution in [3.05, 3.63) is 58.4 Å². The Labute approximate surface area is 115 Å². The number of nitrogens with zero attached hydrogens (tertiary/aromatic N) is 3. The lowest BCUT2D eigenvalue weighted by atomic mass is 10.2. The van der Waals surface area contributed by atoms with Crippen LogP contribution in [0.5, 0.6) is 5.75 Å². The van der Waals surface area contributed by atoms with Crippen molar-refractivity contribution < 1.29 is 5.11 Å². The smallest absolute Gasteiger partial charge is 0.211 e. The maximum Gasteiger partial charge on any atom is 0.211 e. The number of aromatic hydroxyl groups is 1. The second-order valence-corrected chi connectivity index (χ2v) is 4.80. The van der Waals surface area contributed by atoms with Gasteiger partial charge in [-0.25, -0.2) is 0 Å². The van der Waals surface area contributed by atoms with Crippen LogP contribution in [0.3, 0.4) is 0 Å². The highest BCUT2D eigenvalue weighted by atomic mass is 32.1. The summed E-state index contributed by atoms with van der Waals surface area (Å²) in [7, 11) is 0. The van der Waals surface area contributed by atoms with E-state index in [0.29, 0.717) is 12.1 Å². The SMILES string of the molecule is C=CCn1c(C)csc1=N/N=C/c1ccccc1O. The van der Waals surface area contributed by atoms with E-state index in [9.17, 15) is 5.11 Å². The number of allylic oxidation sites excluding steroid dienone is 1. The summed E-state index contributed by atoms with van der Waals surface area (Å²) < 4.78 is 2.03. The summed E-state index contributed by atoms with van der Waals surface area (Å²) in [5, 5.41) is 19.8. The molecule has 0 unspecified atom stereocenters. The minimum Gasteiger partial charge on any atom is -0.507 e. The number of thiazole rings is 1. The maximum atomic E-state index is 9.60. The monoisotopic (exact) mass is 273 g/mol. The van der Waals surface area contributed by atoms with E-state index in [0.717, 1.165) is 10.5 Å². The number of phenols is 1. The minimum absolute atomic E-state index is 0.197. The van der Waals surface area contributed by atoms with Crippen LogP contribution in [-0.4, -0.2) is 15.9 Å². The summed E-state index contributed by atoms with van der Waals surface area (Å²) in [4.78, 5) is 0.809. The van der Waals surface area contributed by atoms with Gasteiger partial charge in [-0.15, -0.1) is 23.0 Å². The van der Waals surface area contributed by atoms with Crippen molar-refractivity contribution in [3.63, 3.8) is 0 Å². The number of rotatable bonds is 4. The molecule has 1 N–H and O–H groups in total. The minimum atomic E-state index is 0.197. The predicted octanol–water partition coefficient (Wildman–Crippen LogP) is 2.68. The highest BCUT2D eigenvalue weighted by Crippen LogP contribution is 2.12. The first-order chi connectivity index (χ1) is 9.22. The van der Waals surface area contributed by atoms with E-state index in [2.05, 4.69) is 16.8 Å². The Morgan fingerprint density at radius 2 is 2.21 bits per heavy atom. The zero-order chi connectivity index (χ0) is 13.7. The molecule has 0 aliphatic heterocycles. The third kappa shape index (κ3) is 3.20. The number of phenolic OH excluding ortho intramolecular Hbond substituents is 1. The van der Waals surface area contributed by atoms with E-state index in [1.54, 1.807) is 24.4 Å². The molecule has 2 aromatic rings. The van der Waals surface area contributed by atoms with Crippen molar-refractivity contribution in [2.45, 2.75) is 13.5 Å². The van der Waals surface area contributed by atoms with E-state index < -0.39 is 0 Å². The molecule has 19 heavy (non-hydrogen) atoms. The van der Waals surface area contributed by atoms with Crippen LogP contribution in [0.2, 0.25) is 0 Å². The molecule has 98 valence electrons. The van der Waals surface area contributed by atoms with Crippen molar-refractivity contribution in [2.24, 2.45) is 10.2 Å². The molecule has 0 fully saturated rings. The fraction of sp³-hybridized carbons (Fsp3) is 0.143. The van der Waals surface area contributed by atoms with E-state index in [-0.39, 0.29) is 5.75 Å². The summed E-state index contributed by atoms with van der Waals surface area (Å²) >= 11 is 1.53. The molecule has 4 nitrogen and oxygen atoms in total. The van der Waals surface area contributed by atoms with Crippen LogP contribution in [-0.2, 0) is 6.54 Å². The van der Waals surface area contributed by atoms with Crippen LogP contribution >= 0.6 is 11.3 Å². The molecule has 0 spiro atoms. The van der Waals surface area contributed by atoms with Gasteiger partial charge in [0, 0.05) is 23.2 Å². The molecular formula is C14H15N3OS. The van der Waals surface area contributed by atoms with Crippen molar-refractivity contribution in [1.82, 2.24) is 4.57 Å². The molecule has 0 amide bonds. The molecule has 1 heterocycles. The molecule has 1 aromatic carbocycles. The first kappa shape index (κ1) is 13.3. The zero-order valence-corrected chi connectivity index (χ0v) is 11.5. The van der Waals surface area contributed by atoms with Crippen LogP contribution < -0.4 is 4.80 Å². The molecule has 0 radical (unpaired) electrons. The van der Waals surface area contributed by atoms with Gasteiger partial charge in [-0.3, -0.25) is 0 Å². The van der Waals surface area contributed by atoms with E-state index in [1.807, 2.05) is 29.0 Å². The first-order valence-electron chi connectivity index (χ1n) is 5.83. The van der Waals surface area contributed by atoms with Crippen molar-refractivity contribution in [2.75, 3.05) is 0 Å². The van der Waals surface area contributed by atoms with E-state index >= 15 is 0 Å². The average Bonchev–Trinajstić information content (AvgIpc) is 2.74. The van der Waals surface area contributed by atoms with Gasteiger partial charge in [0.15, 0.2) is 0 Å². The number of aromatic nitrogens is 1. The normalized spacial score (nSPS) is 12.2. The van der Waals surface area contributed by atoms with Gasteiger partial charge < -0.3 is 9.67 Å². The maximum absolute atomic E-state index is 9.60. The summed E-state index contributed by atoms with van der Waals surface area (Å²) in [6.45, 7) is 6.46. The fourth-order valence-corrected chi connectivity index (χ4v) is 2.43. The number of hydrogen-bond acceptors (Lipinski definition) is 4. The second-order valence-electron chi connectivity index (χ2n) is 3.96. The summed E-state index contributed by atoms with van der Waals surface area (Å²) in [5.41, 5.74) is 1.77. The third-order valence-electron chi connectivity index (χ3n) is 2.58. The Kier molecular flexibility index (Phi) is 4.30. The first-order valence-corrected chi connectivity index (χ1v) is 6.71. The van der Waals surface area contributed by atoms with Gasteiger partial charge in [0.25, 0.3) is 0 Å². The van der Waals surface area contributed by atoms with Gasteiger partial charge in [0.2, 0.25) is 4.80 Å². The molecule has 0 bridgehead atoms. The van der Waals surface area contributed by atoms with Crippen LogP contribution in [0, 0.1) is 6.92 Å². The molecule has 0 aliphatic rings. The molecule has 5 heteroatoms. The number of benzene rings is 1. The van der Waals surface area contributed by atoms with Gasteiger partial charge >= 0.3 is 0 Å². The Bertz CT molecular complexity index is 667. The van der Waals surface area contributed by atoms with Gasteiger partial charge in [-0.05, 0) is 19.1 Å². The lowest BCUT2D eigenvalue weighted by Gasteiger charge is -1.99. The Morgan fingerprint density at radius 1 is 1.42 bits per heavy atom. The van der Waals surface area contributed by atoms with Crippen LogP contribution in [0.1, 0.15) is 11.3 Å². The molecule has 2 rings (SSSR count). The number of hydrogen-bond donors (Lipinski definition) is 1. The van der Waals surface area contributed by atoms with Crippen LogP contribution in [0.15, 0.2) is 52.5 Å². The molecular weight excluding hydrogens is 258 g/mol. The molecule has 0 aliphatic carbocycles. The van der Waals surface area contributed by atoms with Crippen LogP contribution in [0.25, 0.3) is 0 Å².